The van der Waals surface area contributed by atoms with Crippen molar-refractivity contribution in [2.75, 3.05) is 19.7 Å². The predicted octanol–water partition coefficient (Wildman–Crippen LogP) is 1.97. The number of fused-ring (bicyclic) bond motifs is 5. The Balaban J connectivity index is 1.42. The summed E-state index contributed by atoms with van der Waals surface area (Å²) in [6.45, 7) is 13.4. The van der Waals surface area contributed by atoms with Crippen LogP contribution in [-0.2, 0) is 19.0 Å². The molecular formula is C34H55NO9. The maximum Gasteiger partial charge on any atom is 0.305 e. The van der Waals surface area contributed by atoms with E-state index < -0.39 is 75.6 Å². The molecule has 16 atom stereocenters. The number of esters is 1. The Bertz CT molecular complexity index is 1180. The first-order valence-electron chi connectivity index (χ1n) is 17.3. The number of carbonyl (C=O) groups is 1. The van der Waals surface area contributed by atoms with Crippen LogP contribution in [0.25, 0.3) is 0 Å². The minimum absolute atomic E-state index is 0.118. The lowest BCUT2D eigenvalue weighted by atomic mass is 9.43. The summed E-state index contributed by atoms with van der Waals surface area (Å²) in [5, 5.41) is 60.7. The van der Waals surface area contributed by atoms with Gasteiger partial charge in [-0.3, -0.25) is 9.69 Å². The van der Waals surface area contributed by atoms with Crippen LogP contribution in [0.1, 0.15) is 92.9 Å². The van der Waals surface area contributed by atoms with Crippen LogP contribution in [0.15, 0.2) is 0 Å². The van der Waals surface area contributed by atoms with Gasteiger partial charge in [-0.2, -0.15) is 0 Å². The van der Waals surface area contributed by atoms with Gasteiger partial charge in [0.15, 0.2) is 0 Å². The molecule has 3 heterocycles. The second kappa shape index (κ2) is 9.84. The van der Waals surface area contributed by atoms with Gasteiger partial charge in [0.1, 0.15) is 17.8 Å². The van der Waals surface area contributed by atoms with Gasteiger partial charge in [0.05, 0.1) is 23.4 Å². The summed E-state index contributed by atoms with van der Waals surface area (Å²) in [6, 6.07) is -0.118. The minimum Gasteiger partial charge on any atom is -0.430 e. The number of carbonyl (C=O) groups excluding carboxylic acids is 1. The fourth-order valence-corrected chi connectivity index (χ4v) is 12.8. The Hall–Kier alpha value is -0.850. The van der Waals surface area contributed by atoms with Gasteiger partial charge in [0.25, 0.3) is 0 Å². The molecule has 7 fully saturated rings. The van der Waals surface area contributed by atoms with E-state index in [0.717, 1.165) is 32.2 Å². The van der Waals surface area contributed by atoms with Crippen molar-refractivity contribution in [3.05, 3.63) is 0 Å². The number of aliphatic hydroxyl groups excluding tert-OH is 4. The molecule has 250 valence electrons. The van der Waals surface area contributed by atoms with E-state index in [4.69, 9.17) is 14.2 Å². The second-order valence-electron chi connectivity index (χ2n) is 16.6. The van der Waals surface area contributed by atoms with E-state index in [1.165, 1.54) is 6.92 Å². The maximum absolute atomic E-state index is 12.6. The average Bonchev–Trinajstić information content (AvgIpc) is 3.24. The molecule has 4 bridgehead atoms. The lowest BCUT2D eigenvalue weighted by molar-refractivity contribution is -0.311. The van der Waals surface area contributed by atoms with Gasteiger partial charge in [0, 0.05) is 55.3 Å². The molecular weight excluding hydrogens is 566 g/mol. The zero-order valence-corrected chi connectivity index (χ0v) is 27.4. The molecule has 12 unspecified atom stereocenters. The van der Waals surface area contributed by atoms with E-state index in [-0.39, 0.29) is 24.3 Å². The van der Waals surface area contributed by atoms with Crippen molar-refractivity contribution < 1.29 is 44.5 Å². The lowest BCUT2D eigenvalue weighted by Gasteiger charge is -2.65. The number of nitrogens with zero attached hydrogens (tertiary/aromatic N) is 1. The highest BCUT2D eigenvalue weighted by atomic mass is 16.7. The average molecular weight is 622 g/mol. The smallest absolute Gasteiger partial charge is 0.305 e. The summed E-state index contributed by atoms with van der Waals surface area (Å²) in [4.78, 5) is 15.0. The van der Waals surface area contributed by atoms with E-state index in [1.807, 2.05) is 13.8 Å². The van der Waals surface area contributed by atoms with Crippen LogP contribution in [0.5, 0.6) is 0 Å². The Kier molecular flexibility index (Phi) is 7.10. The van der Waals surface area contributed by atoms with Crippen molar-refractivity contribution >= 4 is 5.97 Å². The first-order valence-corrected chi connectivity index (χ1v) is 17.3. The SMILES string of the molecule is CCCCO[C@@]12C(CC34OC5(OC(C)=O)C(O)CCC3(C)C5(C)C[C@@H](O)C41)C1CN3CC(C)CCC3[C@@](C)(O)C1C(O)[C@@H]2O. The minimum atomic E-state index is -1.66. The number of hydrogen-bond acceptors (Lipinski definition) is 10. The molecule has 4 saturated carbocycles. The summed E-state index contributed by atoms with van der Waals surface area (Å²) in [7, 11) is 0. The molecule has 1 spiro atoms. The zero-order valence-electron chi connectivity index (χ0n) is 27.4. The molecule has 7 aliphatic rings. The van der Waals surface area contributed by atoms with Crippen molar-refractivity contribution in [2.24, 2.45) is 40.4 Å². The summed E-state index contributed by atoms with van der Waals surface area (Å²) in [6.07, 6.45) is 0.267. The highest BCUT2D eigenvalue weighted by Gasteiger charge is 2.91. The van der Waals surface area contributed by atoms with E-state index in [0.29, 0.717) is 38.3 Å². The third-order valence-corrected chi connectivity index (χ3v) is 14.7. The van der Waals surface area contributed by atoms with E-state index in [1.54, 1.807) is 0 Å². The van der Waals surface area contributed by atoms with Crippen molar-refractivity contribution in [2.45, 2.75) is 146 Å². The first-order chi connectivity index (χ1) is 20.6. The number of ether oxygens (including phenoxy) is 3. The van der Waals surface area contributed by atoms with Crippen molar-refractivity contribution in [3.8, 4) is 0 Å². The standard InChI is InChI=1S/C34H55NO9/c1-7-8-13-42-33-21(20-17-35-16-18(2)9-10-23(35)31(6,41)25(20)26(39)28(33)40)14-32-27(33)22(37)15-30(5)29(32,4)12-11-24(38)34(30,44-32)43-19(3)36/h18,20-28,37-41H,7-17H2,1-6H3/t18?,20?,21?,22-,23?,24?,25?,26?,27?,28+,29?,30?,31-,32?,33+,34?/m1/s1. The summed E-state index contributed by atoms with van der Waals surface area (Å²) in [5.74, 6) is -3.68. The fourth-order valence-electron chi connectivity index (χ4n) is 12.8. The van der Waals surface area contributed by atoms with Crippen LogP contribution in [-0.4, -0.2) is 109 Å². The van der Waals surface area contributed by atoms with Crippen LogP contribution in [0.3, 0.4) is 0 Å². The van der Waals surface area contributed by atoms with Crippen molar-refractivity contribution in [1.82, 2.24) is 4.90 Å². The summed E-state index contributed by atoms with van der Waals surface area (Å²) >= 11 is 0. The van der Waals surface area contributed by atoms with E-state index in [2.05, 4.69) is 25.7 Å². The van der Waals surface area contributed by atoms with E-state index in [9.17, 15) is 30.3 Å². The maximum atomic E-state index is 12.6. The summed E-state index contributed by atoms with van der Waals surface area (Å²) < 4.78 is 20.1. The third kappa shape index (κ3) is 3.48. The molecule has 3 aliphatic heterocycles. The normalized spacial score (nSPS) is 59.3. The highest BCUT2D eigenvalue weighted by Crippen LogP contribution is 2.82. The molecule has 4 aliphatic carbocycles. The molecule has 0 radical (unpaired) electrons. The highest BCUT2D eigenvalue weighted by molar-refractivity contribution is 5.67. The fraction of sp³-hybridized carbons (Fsp3) is 0.971. The van der Waals surface area contributed by atoms with Crippen LogP contribution in [0, 0.1) is 40.4 Å². The van der Waals surface area contributed by atoms with Gasteiger partial charge in [-0.25, -0.2) is 0 Å². The molecule has 10 heteroatoms. The molecule has 7 rings (SSSR count). The number of rotatable bonds is 5. The van der Waals surface area contributed by atoms with Gasteiger partial charge in [0.2, 0.25) is 5.79 Å². The molecule has 10 nitrogen and oxygen atoms in total. The Morgan fingerprint density at radius 1 is 1.02 bits per heavy atom. The molecule has 44 heavy (non-hydrogen) atoms. The number of hydrogen-bond donors (Lipinski definition) is 5. The van der Waals surface area contributed by atoms with Crippen LogP contribution in [0.2, 0.25) is 0 Å². The monoisotopic (exact) mass is 621 g/mol. The van der Waals surface area contributed by atoms with Crippen molar-refractivity contribution in [3.63, 3.8) is 0 Å². The van der Waals surface area contributed by atoms with Crippen LogP contribution in [0.4, 0.5) is 0 Å². The first kappa shape index (κ1) is 31.7. The Labute approximate surface area is 261 Å². The molecule has 0 amide bonds. The van der Waals surface area contributed by atoms with Crippen LogP contribution >= 0.6 is 0 Å². The second-order valence-corrected chi connectivity index (χ2v) is 16.6. The quantitative estimate of drug-likeness (QED) is 0.228. The van der Waals surface area contributed by atoms with Gasteiger partial charge in [-0.1, -0.05) is 34.1 Å². The largest absolute Gasteiger partial charge is 0.430 e. The van der Waals surface area contributed by atoms with Gasteiger partial charge >= 0.3 is 5.97 Å². The Morgan fingerprint density at radius 2 is 1.75 bits per heavy atom. The Morgan fingerprint density at radius 3 is 2.43 bits per heavy atom. The van der Waals surface area contributed by atoms with E-state index >= 15 is 0 Å². The molecule has 5 N–H and O–H groups in total. The molecule has 0 aromatic heterocycles. The molecule has 0 aromatic carbocycles. The van der Waals surface area contributed by atoms with Gasteiger partial charge < -0.3 is 39.7 Å². The zero-order chi connectivity index (χ0) is 31.8. The van der Waals surface area contributed by atoms with Gasteiger partial charge in [-0.05, 0) is 69.6 Å². The number of aliphatic hydroxyl groups is 5. The molecule has 3 saturated heterocycles. The molecule has 0 aromatic rings. The topological polar surface area (TPSA) is 149 Å². The lowest BCUT2D eigenvalue weighted by Crippen LogP contribution is -2.77. The van der Waals surface area contributed by atoms with Crippen LogP contribution < -0.4 is 0 Å². The summed E-state index contributed by atoms with van der Waals surface area (Å²) in [5.41, 5.74) is -5.27. The predicted molar refractivity (Wildman–Crippen MR) is 159 cm³/mol. The number of unbranched alkanes of at least 4 members (excludes halogenated alkanes) is 1. The number of piperidine rings is 2. The third-order valence-electron chi connectivity index (χ3n) is 14.7. The van der Waals surface area contributed by atoms with Gasteiger partial charge in [-0.15, -0.1) is 0 Å². The van der Waals surface area contributed by atoms with Crippen molar-refractivity contribution in [1.29, 1.82) is 0 Å².